The predicted molar refractivity (Wildman–Crippen MR) is 46.3 cm³/mol. The Kier molecular flexibility index (Phi) is 2.10. The number of rotatable bonds is 0. The van der Waals surface area contributed by atoms with Gasteiger partial charge in [0.05, 0.1) is 0 Å². The third-order valence-corrected chi connectivity index (χ3v) is 1.50. The number of hydrogen-bond donors (Lipinski definition) is 1. The van der Waals surface area contributed by atoms with E-state index in [-0.39, 0.29) is 6.15 Å². The fourth-order valence-electron chi connectivity index (χ4n) is 1.02. The number of fused-ring (bicyclic) bond motifs is 1. The van der Waals surface area contributed by atoms with Crippen molar-refractivity contribution in [2.75, 3.05) is 0 Å². The molecule has 2 aromatic heterocycles. The smallest absolute Gasteiger partial charge is 0.247 e. The first kappa shape index (κ1) is 8.67. The van der Waals surface area contributed by atoms with Crippen molar-refractivity contribution in [3.05, 3.63) is 23.7 Å². The van der Waals surface area contributed by atoms with Gasteiger partial charge in [0.1, 0.15) is 5.52 Å². The van der Waals surface area contributed by atoms with Crippen LogP contribution < -0.4 is 6.15 Å². The first-order valence-electron chi connectivity index (χ1n) is 3.46. The molecule has 0 unspecified atom stereocenters. The molecule has 0 bridgehead atoms. The van der Waals surface area contributed by atoms with Crippen LogP contribution in [0, 0.1) is 13.8 Å². The molecular formula is C8H11N3O. The van der Waals surface area contributed by atoms with Crippen LogP contribution in [0.15, 0.2) is 16.5 Å². The van der Waals surface area contributed by atoms with Gasteiger partial charge in [0, 0.05) is 12.6 Å². The van der Waals surface area contributed by atoms with Gasteiger partial charge in [-0.1, -0.05) is 0 Å². The van der Waals surface area contributed by atoms with Crippen LogP contribution in [-0.2, 0) is 0 Å². The van der Waals surface area contributed by atoms with Crippen molar-refractivity contribution in [2.24, 2.45) is 0 Å². The Morgan fingerprint density at radius 3 is 2.67 bits per heavy atom. The molecule has 0 aliphatic carbocycles. The zero-order valence-corrected chi connectivity index (χ0v) is 7.16. The van der Waals surface area contributed by atoms with Gasteiger partial charge in [-0.15, -0.1) is 0 Å². The summed E-state index contributed by atoms with van der Waals surface area (Å²) in [6.45, 7) is 3.74. The van der Waals surface area contributed by atoms with E-state index in [1.807, 2.05) is 26.0 Å². The van der Waals surface area contributed by atoms with E-state index >= 15 is 0 Å². The van der Waals surface area contributed by atoms with Crippen LogP contribution in [0.2, 0.25) is 0 Å². The molecule has 0 radical (unpaired) electrons. The average molecular weight is 165 g/mol. The van der Waals surface area contributed by atoms with Crippen LogP contribution in [0.1, 0.15) is 11.6 Å². The molecule has 0 atom stereocenters. The molecule has 12 heavy (non-hydrogen) atoms. The largest absolute Gasteiger partial charge is 0.423 e. The van der Waals surface area contributed by atoms with Crippen molar-refractivity contribution in [3.63, 3.8) is 0 Å². The molecule has 2 heterocycles. The Balaban J connectivity index is 0.000000720. The number of oxazole rings is 1. The summed E-state index contributed by atoms with van der Waals surface area (Å²) in [5.74, 6) is 0.665. The van der Waals surface area contributed by atoms with Crippen LogP contribution in [0.4, 0.5) is 0 Å². The second-order valence-electron chi connectivity index (χ2n) is 2.51. The molecule has 0 saturated carbocycles. The Morgan fingerprint density at radius 2 is 1.92 bits per heavy atom. The second-order valence-corrected chi connectivity index (χ2v) is 2.51. The van der Waals surface area contributed by atoms with E-state index < -0.39 is 0 Å². The normalized spacial score (nSPS) is 9.83. The van der Waals surface area contributed by atoms with E-state index in [0.29, 0.717) is 11.6 Å². The van der Waals surface area contributed by atoms with E-state index in [4.69, 9.17) is 4.42 Å². The lowest BCUT2D eigenvalue weighted by Crippen LogP contribution is -1.78. The summed E-state index contributed by atoms with van der Waals surface area (Å²) >= 11 is 0. The van der Waals surface area contributed by atoms with Gasteiger partial charge in [0.25, 0.3) is 0 Å². The van der Waals surface area contributed by atoms with E-state index in [2.05, 4.69) is 9.97 Å². The zero-order valence-electron chi connectivity index (χ0n) is 7.16. The quantitative estimate of drug-likeness (QED) is 0.647. The van der Waals surface area contributed by atoms with Crippen molar-refractivity contribution in [3.8, 4) is 0 Å². The zero-order chi connectivity index (χ0) is 7.84. The number of nitrogens with zero attached hydrogens (tertiary/aromatic N) is 2. The van der Waals surface area contributed by atoms with Gasteiger partial charge in [0.15, 0.2) is 5.89 Å². The summed E-state index contributed by atoms with van der Waals surface area (Å²) in [5.41, 5.74) is 2.41. The highest BCUT2D eigenvalue weighted by atomic mass is 16.4. The van der Waals surface area contributed by atoms with Crippen molar-refractivity contribution in [2.45, 2.75) is 13.8 Å². The minimum Gasteiger partial charge on any atom is -0.423 e. The molecule has 2 aromatic rings. The maximum Gasteiger partial charge on any atom is 0.247 e. The van der Waals surface area contributed by atoms with Gasteiger partial charge in [-0.3, -0.25) is 0 Å². The lowest BCUT2D eigenvalue weighted by molar-refractivity contribution is 0.550. The van der Waals surface area contributed by atoms with Crippen LogP contribution in [0.3, 0.4) is 0 Å². The van der Waals surface area contributed by atoms with Gasteiger partial charge >= 0.3 is 0 Å². The van der Waals surface area contributed by atoms with Crippen LogP contribution in [0.25, 0.3) is 11.2 Å². The summed E-state index contributed by atoms with van der Waals surface area (Å²) in [5, 5.41) is 0. The maximum atomic E-state index is 5.23. The van der Waals surface area contributed by atoms with Gasteiger partial charge in [-0.05, 0) is 19.1 Å². The van der Waals surface area contributed by atoms with Gasteiger partial charge < -0.3 is 10.6 Å². The summed E-state index contributed by atoms with van der Waals surface area (Å²) in [6.07, 6.45) is 0. The number of aromatic nitrogens is 2. The Morgan fingerprint density at radius 1 is 1.17 bits per heavy atom. The monoisotopic (exact) mass is 165 g/mol. The summed E-state index contributed by atoms with van der Waals surface area (Å²) < 4.78 is 5.23. The third kappa shape index (κ3) is 1.29. The predicted octanol–water partition coefficient (Wildman–Crippen LogP) is 2.00. The minimum absolute atomic E-state index is 0. The fourth-order valence-corrected chi connectivity index (χ4v) is 1.02. The second kappa shape index (κ2) is 2.91. The average Bonchev–Trinajstić information content (AvgIpc) is 2.27. The Hall–Kier alpha value is -1.42. The van der Waals surface area contributed by atoms with Crippen LogP contribution >= 0.6 is 0 Å². The highest BCUT2D eigenvalue weighted by Gasteiger charge is 2.01. The SMILES string of the molecule is Cc1ccc2nc(C)oc2n1.N. The van der Waals surface area contributed by atoms with E-state index in [9.17, 15) is 0 Å². The Labute approximate surface area is 70.2 Å². The van der Waals surface area contributed by atoms with Crippen molar-refractivity contribution in [1.82, 2.24) is 16.1 Å². The molecule has 0 fully saturated rings. The highest BCUT2D eigenvalue weighted by molar-refractivity contribution is 5.67. The first-order chi connectivity index (χ1) is 5.25. The lowest BCUT2D eigenvalue weighted by Gasteiger charge is -1.86. The fraction of sp³-hybridized carbons (Fsp3) is 0.250. The maximum absolute atomic E-state index is 5.23. The molecule has 2 rings (SSSR count). The van der Waals surface area contributed by atoms with Crippen LogP contribution in [0.5, 0.6) is 0 Å². The van der Waals surface area contributed by atoms with Crippen molar-refractivity contribution >= 4 is 11.2 Å². The topological polar surface area (TPSA) is 73.9 Å². The minimum atomic E-state index is 0. The standard InChI is InChI=1S/C8H8N2O.H3N/c1-5-3-4-7-8(9-5)11-6(2)10-7;/h3-4H,1-2H3;1H3. The molecule has 64 valence electrons. The van der Waals surface area contributed by atoms with Crippen LogP contribution in [-0.4, -0.2) is 9.97 Å². The van der Waals surface area contributed by atoms with Gasteiger partial charge in [-0.25, -0.2) is 9.97 Å². The third-order valence-electron chi connectivity index (χ3n) is 1.50. The van der Waals surface area contributed by atoms with Gasteiger partial charge in [-0.2, -0.15) is 0 Å². The van der Waals surface area contributed by atoms with Crippen molar-refractivity contribution < 1.29 is 4.42 Å². The summed E-state index contributed by atoms with van der Waals surface area (Å²) in [4.78, 5) is 8.29. The molecule has 4 nitrogen and oxygen atoms in total. The lowest BCUT2D eigenvalue weighted by atomic mass is 10.4. The van der Waals surface area contributed by atoms with Crippen molar-refractivity contribution in [1.29, 1.82) is 0 Å². The number of hydrogen-bond acceptors (Lipinski definition) is 4. The highest BCUT2D eigenvalue weighted by Crippen LogP contribution is 2.12. The molecule has 0 aromatic carbocycles. The Bertz CT molecular complexity index is 394. The summed E-state index contributed by atoms with van der Waals surface area (Å²) in [7, 11) is 0. The van der Waals surface area contributed by atoms with Gasteiger partial charge in [0.2, 0.25) is 5.71 Å². The molecule has 0 spiro atoms. The van der Waals surface area contributed by atoms with E-state index in [1.165, 1.54) is 0 Å². The number of aryl methyl sites for hydroxylation is 2. The van der Waals surface area contributed by atoms with E-state index in [1.54, 1.807) is 0 Å². The molecular weight excluding hydrogens is 154 g/mol. The molecule has 0 amide bonds. The van der Waals surface area contributed by atoms with E-state index in [0.717, 1.165) is 11.2 Å². The summed E-state index contributed by atoms with van der Waals surface area (Å²) in [6, 6.07) is 3.83. The number of pyridine rings is 1. The molecule has 0 aliphatic rings. The molecule has 0 aliphatic heterocycles. The molecule has 0 saturated heterocycles. The molecule has 3 N–H and O–H groups in total. The molecule has 4 heteroatoms. The first-order valence-corrected chi connectivity index (χ1v) is 3.46.